The number of nitro benzene ring substituents is 1. The number of rotatable bonds is 5. The van der Waals surface area contributed by atoms with E-state index in [1.165, 1.54) is 6.07 Å². The molecule has 0 aliphatic carbocycles. The van der Waals surface area contributed by atoms with Crippen molar-refractivity contribution in [3.8, 4) is 12.3 Å². The largest absolute Gasteiger partial charge is 0.311 e. The van der Waals surface area contributed by atoms with Gasteiger partial charge in [-0.1, -0.05) is 11.6 Å². The summed E-state index contributed by atoms with van der Waals surface area (Å²) in [6.45, 7) is 1.05. The number of nitro groups is 1. The molecule has 0 heterocycles. The lowest BCUT2D eigenvalue weighted by Crippen LogP contribution is -2.15. The summed E-state index contributed by atoms with van der Waals surface area (Å²) in [6.07, 6.45) is 5.69. The number of nitrogens with one attached hydrogen (secondary N) is 1. The second-order valence-electron chi connectivity index (χ2n) is 3.16. The van der Waals surface area contributed by atoms with Gasteiger partial charge in [0.1, 0.15) is 0 Å². The number of hydrogen-bond acceptors (Lipinski definition) is 3. The number of hydrogen-bond donors (Lipinski definition) is 1. The van der Waals surface area contributed by atoms with E-state index in [0.717, 1.165) is 0 Å². The van der Waals surface area contributed by atoms with E-state index < -0.39 is 4.92 Å². The average molecular weight is 239 g/mol. The van der Waals surface area contributed by atoms with Crippen molar-refractivity contribution in [3.63, 3.8) is 0 Å². The summed E-state index contributed by atoms with van der Waals surface area (Å²) in [5, 5.41) is 14.1. The van der Waals surface area contributed by atoms with Crippen molar-refractivity contribution in [2.45, 2.75) is 13.0 Å². The minimum Gasteiger partial charge on any atom is -0.311 e. The SMILES string of the molecule is C#CCCNCc1ccc(Cl)cc1[N+](=O)[O-]. The highest BCUT2D eigenvalue weighted by molar-refractivity contribution is 6.30. The average Bonchev–Trinajstić information content (AvgIpc) is 2.26. The highest BCUT2D eigenvalue weighted by Gasteiger charge is 2.13. The third-order valence-electron chi connectivity index (χ3n) is 2.01. The Bertz CT molecular complexity index is 426. The van der Waals surface area contributed by atoms with Gasteiger partial charge in [-0.2, -0.15) is 0 Å². The summed E-state index contributed by atoms with van der Waals surface area (Å²) in [7, 11) is 0. The van der Waals surface area contributed by atoms with E-state index in [1.807, 2.05) is 0 Å². The molecule has 0 bridgehead atoms. The molecule has 0 amide bonds. The fourth-order valence-corrected chi connectivity index (χ4v) is 1.41. The maximum absolute atomic E-state index is 10.7. The van der Waals surface area contributed by atoms with Crippen molar-refractivity contribution < 1.29 is 4.92 Å². The predicted octanol–water partition coefficient (Wildman–Crippen LogP) is 2.36. The van der Waals surface area contributed by atoms with Crippen molar-refractivity contribution in [1.82, 2.24) is 5.32 Å². The zero-order valence-electron chi connectivity index (χ0n) is 8.57. The van der Waals surface area contributed by atoms with Gasteiger partial charge in [0.25, 0.3) is 5.69 Å². The van der Waals surface area contributed by atoms with Gasteiger partial charge in [-0.3, -0.25) is 10.1 Å². The van der Waals surface area contributed by atoms with Gasteiger partial charge in [0.15, 0.2) is 0 Å². The van der Waals surface area contributed by atoms with Crippen LogP contribution in [0.2, 0.25) is 5.02 Å². The van der Waals surface area contributed by atoms with E-state index in [0.29, 0.717) is 30.1 Å². The molecule has 16 heavy (non-hydrogen) atoms. The highest BCUT2D eigenvalue weighted by atomic mass is 35.5. The lowest BCUT2D eigenvalue weighted by atomic mass is 10.2. The molecule has 1 N–H and O–H groups in total. The van der Waals surface area contributed by atoms with Gasteiger partial charge in [-0.15, -0.1) is 12.3 Å². The van der Waals surface area contributed by atoms with Crippen molar-refractivity contribution >= 4 is 17.3 Å². The molecule has 0 saturated carbocycles. The summed E-state index contributed by atoms with van der Waals surface area (Å²) in [4.78, 5) is 10.3. The van der Waals surface area contributed by atoms with Gasteiger partial charge in [0.2, 0.25) is 0 Å². The Hall–Kier alpha value is -1.57. The van der Waals surface area contributed by atoms with Crippen molar-refractivity contribution in [3.05, 3.63) is 38.9 Å². The van der Waals surface area contributed by atoms with Gasteiger partial charge >= 0.3 is 0 Å². The van der Waals surface area contributed by atoms with Crippen LogP contribution in [0.25, 0.3) is 0 Å². The second kappa shape index (κ2) is 6.11. The van der Waals surface area contributed by atoms with E-state index in [2.05, 4.69) is 11.2 Å². The molecular formula is C11H11ClN2O2. The molecule has 1 aromatic carbocycles. The van der Waals surface area contributed by atoms with Gasteiger partial charge in [0.05, 0.1) is 4.92 Å². The van der Waals surface area contributed by atoms with Crippen LogP contribution < -0.4 is 5.32 Å². The van der Waals surface area contributed by atoms with Crippen molar-refractivity contribution in [2.75, 3.05) is 6.54 Å². The molecule has 0 unspecified atom stereocenters. The Balaban J connectivity index is 2.72. The summed E-state index contributed by atoms with van der Waals surface area (Å²) in [5.74, 6) is 2.48. The Labute approximate surface area is 98.8 Å². The van der Waals surface area contributed by atoms with Crippen LogP contribution in [0.3, 0.4) is 0 Å². The van der Waals surface area contributed by atoms with E-state index in [4.69, 9.17) is 18.0 Å². The smallest absolute Gasteiger partial charge is 0.275 e. The normalized spacial score (nSPS) is 9.75. The summed E-state index contributed by atoms with van der Waals surface area (Å²) < 4.78 is 0. The molecule has 0 spiro atoms. The quantitative estimate of drug-likeness (QED) is 0.371. The topological polar surface area (TPSA) is 55.2 Å². The fourth-order valence-electron chi connectivity index (χ4n) is 1.24. The maximum atomic E-state index is 10.7. The molecule has 0 aliphatic rings. The standard InChI is InChI=1S/C11H11ClN2O2/c1-2-3-6-13-8-9-4-5-10(12)7-11(9)14(15)16/h1,4-5,7,13H,3,6,8H2. The first-order chi connectivity index (χ1) is 7.65. The minimum absolute atomic E-state index is 0.0284. The number of benzene rings is 1. The molecule has 5 heteroatoms. The molecule has 1 aromatic rings. The third kappa shape index (κ3) is 3.54. The van der Waals surface area contributed by atoms with E-state index in [9.17, 15) is 10.1 Å². The van der Waals surface area contributed by atoms with E-state index in [-0.39, 0.29) is 5.69 Å². The van der Waals surface area contributed by atoms with Crippen LogP contribution in [0.4, 0.5) is 5.69 Å². The van der Waals surface area contributed by atoms with Gasteiger partial charge in [-0.25, -0.2) is 0 Å². The van der Waals surface area contributed by atoms with Crippen LogP contribution >= 0.6 is 11.6 Å². The molecule has 1 rings (SSSR count). The van der Waals surface area contributed by atoms with Gasteiger partial charge < -0.3 is 5.32 Å². The van der Waals surface area contributed by atoms with Crippen molar-refractivity contribution in [2.24, 2.45) is 0 Å². The molecule has 0 radical (unpaired) electrons. The first-order valence-electron chi connectivity index (χ1n) is 4.72. The number of halogens is 1. The Morgan fingerprint density at radius 3 is 2.94 bits per heavy atom. The van der Waals surface area contributed by atoms with Crippen LogP contribution in [0.1, 0.15) is 12.0 Å². The predicted molar refractivity (Wildman–Crippen MR) is 63.3 cm³/mol. The van der Waals surface area contributed by atoms with Gasteiger partial charge in [0, 0.05) is 36.2 Å². The minimum atomic E-state index is -0.440. The first kappa shape index (κ1) is 12.5. The Morgan fingerprint density at radius 1 is 1.56 bits per heavy atom. The lowest BCUT2D eigenvalue weighted by molar-refractivity contribution is -0.385. The molecular weight excluding hydrogens is 228 g/mol. The highest BCUT2D eigenvalue weighted by Crippen LogP contribution is 2.22. The molecule has 84 valence electrons. The Morgan fingerprint density at radius 2 is 2.31 bits per heavy atom. The number of nitrogens with zero attached hydrogens (tertiary/aromatic N) is 1. The number of terminal acetylenes is 1. The van der Waals surface area contributed by atoms with Crippen LogP contribution in [-0.4, -0.2) is 11.5 Å². The van der Waals surface area contributed by atoms with Crippen LogP contribution in [0.5, 0.6) is 0 Å². The lowest BCUT2D eigenvalue weighted by Gasteiger charge is -2.04. The molecule has 4 nitrogen and oxygen atoms in total. The van der Waals surface area contributed by atoms with E-state index >= 15 is 0 Å². The molecule has 0 saturated heterocycles. The van der Waals surface area contributed by atoms with Crippen molar-refractivity contribution in [1.29, 1.82) is 0 Å². The van der Waals surface area contributed by atoms with E-state index in [1.54, 1.807) is 12.1 Å². The summed E-state index contributed by atoms with van der Waals surface area (Å²) in [6, 6.07) is 4.62. The molecule has 0 aliphatic heterocycles. The summed E-state index contributed by atoms with van der Waals surface area (Å²) in [5.41, 5.74) is 0.632. The molecule has 0 atom stereocenters. The Kier molecular flexibility index (Phi) is 4.77. The summed E-state index contributed by atoms with van der Waals surface area (Å²) >= 11 is 5.69. The van der Waals surface area contributed by atoms with Crippen LogP contribution in [0.15, 0.2) is 18.2 Å². The fraction of sp³-hybridized carbons (Fsp3) is 0.273. The second-order valence-corrected chi connectivity index (χ2v) is 3.60. The zero-order valence-corrected chi connectivity index (χ0v) is 9.33. The first-order valence-corrected chi connectivity index (χ1v) is 5.10. The molecule has 0 fully saturated rings. The van der Waals surface area contributed by atoms with Crippen LogP contribution in [0, 0.1) is 22.5 Å². The maximum Gasteiger partial charge on any atom is 0.275 e. The third-order valence-corrected chi connectivity index (χ3v) is 2.24. The zero-order chi connectivity index (χ0) is 12.0. The molecule has 0 aromatic heterocycles. The van der Waals surface area contributed by atoms with Gasteiger partial charge in [-0.05, 0) is 12.1 Å². The monoisotopic (exact) mass is 238 g/mol. The van der Waals surface area contributed by atoms with Crippen LogP contribution in [-0.2, 0) is 6.54 Å².